The van der Waals surface area contributed by atoms with Crippen LogP contribution in [-0.2, 0) is 10.4 Å². The molecule has 16 heavy (non-hydrogen) atoms. The lowest BCUT2D eigenvalue weighted by Gasteiger charge is -2.05. The van der Waals surface area contributed by atoms with Gasteiger partial charge in [0, 0.05) is 5.56 Å². The van der Waals surface area contributed by atoms with Gasteiger partial charge in [-0.1, -0.05) is 0 Å². The third-order valence-corrected chi connectivity index (χ3v) is 2.05. The lowest BCUT2D eigenvalue weighted by molar-refractivity contribution is 0.100. The molecule has 0 aliphatic heterocycles. The molecule has 0 saturated carbocycles. The predicted octanol–water partition coefficient (Wildman–Crippen LogP) is -0.285. The maximum atomic E-state index is 11.2. The summed E-state index contributed by atoms with van der Waals surface area (Å²) >= 11 is 0. The van der Waals surface area contributed by atoms with Crippen LogP contribution in [0, 0.1) is 0 Å². The van der Waals surface area contributed by atoms with Gasteiger partial charge in [0.25, 0.3) is 0 Å². The summed E-state index contributed by atoms with van der Waals surface area (Å²) in [5.41, 5.74) is 5.17. The van der Waals surface area contributed by atoms with Gasteiger partial charge >= 0.3 is 10.4 Å². The number of aromatic hydroxyl groups is 1. The van der Waals surface area contributed by atoms with E-state index in [1.807, 2.05) is 0 Å². The summed E-state index contributed by atoms with van der Waals surface area (Å²) in [6, 6.07) is 3.28. The summed E-state index contributed by atoms with van der Waals surface area (Å²) in [4.78, 5) is 11.2. The van der Waals surface area contributed by atoms with Crippen molar-refractivity contribution in [2.24, 2.45) is 5.73 Å². The van der Waals surface area contributed by atoms with Crippen molar-refractivity contribution in [1.29, 1.82) is 0 Å². The molecule has 0 radical (unpaired) electrons. The number of hydrogen-bond donors (Lipinski definition) is 3. The molecule has 0 aliphatic rings. The third kappa shape index (κ3) is 3.19. The van der Waals surface area contributed by atoms with Crippen LogP contribution in [0.15, 0.2) is 18.2 Å². The molecule has 88 valence electrons. The Bertz CT molecular complexity index is 509. The third-order valence-electron chi connectivity index (χ3n) is 1.66. The van der Waals surface area contributed by atoms with Crippen molar-refractivity contribution >= 4 is 16.2 Å². The van der Waals surface area contributed by atoms with E-state index in [1.54, 1.807) is 0 Å². The summed E-state index contributed by atoms with van der Waals surface area (Å²) in [6.07, 6.45) is 0. The van der Waals surface area contributed by atoms with Crippen molar-refractivity contribution in [3.63, 3.8) is 0 Å². The molecular weight excluding hydrogens is 238 g/mol. The Labute approximate surface area is 91.4 Å². The van der Waals surface area contributed by atoms with Gasteiger partial charge in [-0.15, -0.1) is 0 Å². The van der Waals surface area contributed by atoms with E-state index in [2.05, 4.69) is 4.18 Å². The van der Waals surface area contributed by atoms with E-state index in [0.29, 0.717) is 0 Å². The first kappa shape index (κ1) is 12.4. The molecule has 0 amide bonds. The van der Waals surface area contributed by atoms with Gasteiger partial charge in [-0.2, -0.15) is 8.42 Å². The average molecular weight is 247 g/mol. The van der Waals surface area contributed by atoms with Crippen molar-refractivity contribution in [2.45, 2.75) is 0 Å². The van der Waals surface area contributed by atoms with E-state index in [0.717, 1.165) is 12.1 Å². The van der Waals surface area contributed by atoms with Gasteiger partial charge in [-0.25, -0.2) is 0 Å². The molecule has 0 aliphatic carbocycles. The molecular formula is C8H9NO6S. The minimum absolute atomic E-state index is 0.0685. The van der Waals surface area contributed by atoms with Crippen LogP contribution in [0.25, 0.3) is 0 Å². The Morgan fingerprint density at radius 1 is 1.44 bits per heavy atom. The molecule has 0 unspecified atom stereocenters. The Hall–Kier alpha value is -1.64. The fourth-order valence-electron chi connectivity index (χ4n) is 0.986. The predicted molar refractivity (Wildman–Crippen MR) is 53.7 cm³/mol. The van der Waals surface area contributed by atoms with Crippen molar-refractivity contribution < 1.29 is 27.1 Å². The maximum Gasteiger partial charge on any atom is 0.446 e. The smallest absolute Gasteiger partial charge is 0.446 e. The standard InChI is InChI=1S/C8H9NO6S/c9-4-7(11)5-1-2-6(10)8(3-5)15-16(12,13)14/h1-3,10H,4,9H2,(H,12,13,14). The Kier molecular flexibility index (Phi) is 3.48. The van der Waals surface area contributed by atoms with Crippen LogP contribution in [0.3, 0.4) is 0 Å². The number of benzene rings is 1. The number of Topliss-reactive ketones (excluding diaryl/α,β-unsaturated/α-hetero) is 1. The first-order chi connectivity index (χ1) is 7.33. The minimum atomic E-state index is -4.75. The first-order valence-corrected chi connectivity index (χ1v) is 5.43. The Morgan fingerprint density at radius 3 is 2.56 bits per heavy atom. The number of phenolic OH excluding ortho intramolecular Hbond substituents is 1. The van der Waals surface area contributed by atoms with Crippen molar-refractivity contribution in [1.82, 2.24) is 0 Å². The highest BCUT2D eigenvalue weighted by atomic mass is 32.3. The van der Waals surface area contributed by atoms with Crippen molar-refractivity contribution in [3.8, 4) is 11.5 Å². The second-order valence-corrected chi connectivity index (χ2v) is 3.84. The molecule has 0 aromatic heterocycles. The quantitative estimate of drug-likeness (QED) is 0.493. The maximum absolute atomic E-state index is 11.2. The van der Waals surface area contributed by atoms with Gasteiger partial charge in [0.2, 0.25) is 0 Å². The molecule has 1 aromatic rings. The van der Waals surface area contributed by atoms with E-state index in [-0.39, 0.29) is 12.1 Å². The molecule has 0 spiro atoms. The van der Waals surface area contributed by atoms with Crippen LogP contribution in [0.4, 0.5) is 0 Å². The summed E-state index contributed by atoms with van der Waals surface area (Å²) in [5, 5.41) is 9.21. The zero-order valence-corrected chi connectivity index (χ0v) is 8.77. The summed E-state index contributed by atoms with van der Waals surface area (Å²) in [7, 11) is -4.75. The van der Waals surface area contributed by atoms with Gasteiger partial charge in [0.05, 0.1) is 6.54 Å². The molecule has 1 rings (SSSR count). The van der Waals surface area contributed by atoms with Gasteiger partial charge in [-0.05, 0) is 18.2 Å². The van der Waals surface area contributed by atoms with Crippen LogP contribution < -0.4 is 9.92 Å². The van der Waals surface area contributed by atoms with Crippen LogP contribution in [0.1, 0.15) is 10.4 Å². The number of carbonyl (C=O) groups excluding carboxylic acids is 1. The van der Waals surface area contributed by atoms with E-state index in [4.69, 9.17) is 10.3 Å². The summed E-state index contributed by atoms with van der Waals surface area (Å²) in [5.74, 6) is -1.52. The van der Waals surface area contributed by atoms with E-state index < -0.39 is 27.7 Å². The van der Waals surface area contributed by atoms with Crippen LogP contribution in [-0.4, -0.2) is 30.4 Å². The van der Waals surface area contributed by atoms with E-state index in [1.165, 1.54) is 6.07 Å². The topological polar surface area (TPSA) is 127 Å². The van der Waals surface area contributed by atoms with Crippen molar-refractivity contribution in [3.05, 3.63) is 23.8 Å². The Balaban J connectivity index is 3.14. The van der Waals surface area contributed by atoms with Crippen LogP contribution in [0.2, 0.25) is 0 Å². The average Bonchev–Trinajstić information content (AvgIpc) is 2.18. The first-order valence-electron chi connectivity index (χ1n) is 4.06. The zero-order valence-electron chi connectivity index (χ0n) is 7.95. The fraction of sp³-hybridized carbons (Fsp3) is 0.125. The second kappa shape index (κ2) is 4.47. The summed E-state index contributed by atoms with van der Waals surface area (Å²) in [6.45, 7) is -0.268. The molecule has 1 aromatic carbocycles. The minimum Gasteiger partial charge on any atom is -0.504 e. The largest absolute Gasteiger partial charge is 0.504 e. The molecule has 0 saturated heterocycles. The molecule has 0 heterocycles. The van der Waals surface area contributed by atoms with E-state index in [9.17, 15) is 18.3 Å². The van der Waals surface area contributed by atoms with E-state index >= 15 is 0 Å². The van der Waals surface area contributed by atoms with Gasteiger partial charge in [0.15, 0.2) is 17.3 Å². The highest BCUT2D eigenvalue weighted by molar-refractivity contribution is 7.81. The van der Waals surface area contributed by atoms with Gasteiger partial charge in [-0.3, -0.25) is 9.35 Å². The number of nitrogens with two attached hydrogens (primary N) is 1. The highest BCUT2D eigenvalue weighted by Gasteiger charge is 2.14. The molecule has 0 bridgehead atoms. The van der Waals surface area contributed by atoms with Gasteiger partial charge in [0.1, 0.15) is 0 Å². The number of hydrogen-bond acceptors (Lipinski definition) is 6. The zero-order chi connectivity index (χ0) is 12.3. The SMILES string of the molecule is NCC(=O)c1ccc(O)c(OS(=O)(=O)O)c1. The Morgan fingerprint density at radius 2 is 2.06 bits per heavy atom. The van der Waals surface area contributed by atoms with Gasteiger partial charge < -0.3 is 15.0 Å². The number of ketones is 1. The van der Waals surface area contributed by atoms with Crippen molar-refractivity contribution in [2.75, 3.05) is 6.54 Å². The molecule has 0 fully saturated rings. The molecule has 4 N–H and O–H groups in total. The van der Waals surface area contributed by atoms with Crippen LogP contribution in [0.5, 0.6) is 11.5 Å². The molecule has 8 heteroatoms. The molecule has 0 atom stereocenters. The molecule has 7 nitrogen and oxygen atoms in total. The normalized spacial score (nSPS) is 11.1. The monoisotopic (exact) mass is 247 g/mol. The highest BCUT2D eigenvalue weighted by Crippen LogP contribution is 2.27. The summed E-state index contributed by atoms with van der Waals surface area (Å²) < 4.78 is 33.3. The number of carbonyl (C=O) groups is 1. The lowest BCUT2D eigenvalue weighted by atomic mass is 10.1. The second-order valence-electron chi connectivity index (χ2n) is 2.82. The lowest BCUT2D eigenvalue weighted by Crippen LogP contribution is -2.14. The number of rotatable bonds is 4. The number of phenols is 1. The van der Waals surface area contributed by atoms with Crippen LogP contribution >= 0.6 is 0 Å². The fourth-order valence-corrected chi connectivity index (χ4v) is 1.35.